The fourth-order valence-electron chi connectivity index (χ4n) is 2.17. The standard InChI is InChI=1S/C13H17N3O3/c1-7(2)8(4-11(17)18)9-5-15-13-12(9)14-6-10(16-13)19-3/h5-8H,4H2,1-3H3,(H,15,16)(H,17,18). The van der Waals surface area contributed by atoms with Crippen LogP contribution < -0.4 is 4.74 Å². The number of carboxylic acids is 1. The van der Waals surface area contributed by atoms with Gasteiger partial charge in [0.25, 0.3) is 0 Å². The van der Waals surface area contributed by atoms with E-state index >= 15 is 0 Å². The van der Waals surface area contributed by atoms with Crippen LogP contribution in [0.4, 0.5) is 0 Å². The topological polar surface area (TPSA) is 88.1 Å². The molecule has 0 aliphatic rings. The average Bonchev–Trinajstić information content (AvgIpc) is 2.77. The van der Waals surface area contributed by atoms with Crippen LogP contribution in [0, 0.1) is 5.92 Å². The van der Waals surface area contributed by atoms with Crippen LogP contribution in [-0.4, -0.2) is 33.1 Å². The molecule has 2 aromatic heterocycles. The molecule has 0 spiro atoms. The van der Waals surface area contributed by atoms with Crippen LogP contribution >= 0.6 is 0 Å². The Morgan fingerprint density at radius 1 is 1.53 bits per heavy atom. The van der Waals surface area contributed by atoms with E-state index in [1.165, 1.54) is 13.3 Å². The molecular weight excluding hydrogens is 246 g/mol. The van der Waals surface area contributed by atoms with Gasteiger partial charge in [-0.15, -0.1) is 0 Å². The van der Waals surface area contributed by atoms with Crippen molar-refractivity contribution in [1.82, 2.24) is 15.0 Å². The number of nitrogens with one attached hydrogen (secondary N) is 1. The lowest BCUT2D eigenvalue weighted by Gasteiger charge is -2.17. The second-order valence-electron chi connectivity index (χ2n) is 4.80. The van der Waals surface area contributed by atoms with Gasteiger partial charge < -0.3 is 14.8 Å². The van der Waals surface area contributed by atoms with Crippen molar-refractivity contribution in [2.75, 3.05) is 7.11 Å². The van der Waals surface area contributed by atoms with E-state index in [9.17, 15) is 4.79 Å². The number of fused-ring (bicyclic) bond motifs is 1. The van der Waals surface area contributed by atoms with Gasteiger partial charge >= 0.3 is 5.97 Å². The Morgan fingerprint density at radius 3 is 2.84 bits per heavy atom. The van der Waals surface area contributed by atoms with Gasteiger partial charge in [-0.05, 0) is 5.92 Å². The van der Waals surface area contributed by atoms with E-state index in [0.717, 1.165) is 5.56 Å². The minimum atomic E-state index is -0.811. The van der Waals surface area contributed by atoms with Crippen molar-refractivity contribution in [1.29, 1.82) is 0 Å². The van der Waals surface area contributed by atoms with Gasteiger partial charge in [0.2, 0.25) is 5.88 Å². The molecule has 0 radical (unpaired) electrons. The Balaban J connectivity index is 2.45. The molecule has 0 aliphatic heterocycles. The number of aliphatic carboxylic acids is 1. The predicted octanol–water partition coefficient (Wildman–Crippen LogP) is 2.18. The molecule has 102 valence electrons. The quantitative estimate of drug-likeness (QED) is 0.863. The molecule has 2 heterocycles. The van der Waals surface area contributed by atoms with Crippen LogP contribution in [0.25, 0.3) is 11.2 Å². The van der Waals surface area contributed by atoms with Gasteiger partial charge in [-0.1, -0.05) is 13.8 Å². The smallest absolute Gasteiger partial charge is 0.303 e. The number of hydrogen-bond donors (Lipinski definition) is 2. The molecule has 0 amide bonds. The molecule has 2 rings (SSSR count). The van der Waals surface area contributed by atoms with E-state index in [1.807, 2.05) is 13.8 Å². The molecule has 6 heteroatoms. The van der Waals surface area contributed by atoms with Gasteiger partial charge in [0.1, 0.15) is 5.52 Å². The highest BCUT2D eigenvalue weighted by Gasteiger charge is 2.23. The van der Waals surface area contributed by atoms with Crippen molar-refractivity contribution in [2.45, 2.75) is 26.2 Å². The van der Waals surface area contributed by atoms with Crippen LogP contribution in [0.2, 0.25) is 0 Å². The van der Waals surface area contributed by atoms with Crippen molar-refractivity contribution in [3.63, 3.8) is 0 Å². The Hall–Kier alpha value is -2.11. The highest BCUT2D eigenvalue weighted by Crippen LogP contribution is 2.32. The fraction of sp³-hybridized carbons (Fsp3) is 0.462. The summed E-state index contributed by atoms with van der Waals surface area (Å²) < 4.78 is 5.02. The van der Waals surface area contributed by atoms with E-state index in [-0.39, 0.29) is 18.3 Å². The first kappa shape index (κ1) is 13.3. The maximum atomic E-state index is 11.0. The summed E-state index contributed by atoms with van der Waals surface area (Å²) in [6, 6.07) is 0. The molecule has 19 heavy (non-hydrogen) atoms. The number of H-pyrrole nitrogens is 1. The van der Waals surface area contributed by atoms with Crippen LogP contribution in [0.1, 0.15) is 31.7 Å². The van der Waals surface area contributed by atoms with Gasteiger partial charge in [0.05, 0.1) is 19.7 Å². The van der Waals surface area contributed by atoms with Crippen molar-refractivity contribution in [3.8, 4) is 5.88 Å². The zero-order chi connectivity index (χ0) is 14.0. The van der Waals surface area contributed by atoms with Crippen molar-refractivity contribution in [2.24, 2.45) is 5.92 Å². The summed E-state index contributed by atoms with van der Waals surface area (Å²) in [5, 5.41) is 9.02. The first-order valence-corrected chi connectivity index (χ1v) is 6.12. The lowest BCUT2D eigenvalue weighted by molar-refractivity contribution is -0.137. The maximum absolute atomic E-state index is 11.0. The minimum absolute atomic E-state index is 0.0817. The van der Waals surface area contributed by atoms with Gasteiger partial charge in [0, 0.05) is 17.7 Å². The van der Waals surface area contributed by atoms with Gasteiger partial charge in [-0.25, -0.2) is 4.98 Å². The van der Waals surface area contributed by atoms with Crippen molar-refractivity contribution in [3.05, 3.63) is 18.0 Å². The summed E-state index contributed by atoms with van der Waals surface area (Å²) in [5.41, 5.74) is 2.22. The lowest BCUT2D eigenvalue weighted by atomic mass is 9.87. The van der Waals surface area contributed by atoms with E-state index in [2.05, 4.69) is 15.0 Å². The molecule has 0 saturated carbocycles. The number of carbonyl (C=O) groups is 1. The van der Waals surface area contributed by atoms with E-state index in [1.54, 1.807) is 6.20 Å². The van der Waals surface area contributed by atoms with Crippen LogP contribution in [0.5, 0.6) is 5.88 Å². The number of ether oxygens (including phenoxy) is 1. The first-order valence-electron chi connectivity index (χ1n) is 6.12. The molecular formula is C13H17N3O3. The fourth-order valence-corrected chi connectivity index (χ4v) is 2.17. The normalized spacial score (nSPS) is 12.8. The van der Waals surface area contributed by atoms with E-state index in [0.29, 0.717) is 17.0 Å². The predicted molar refractivity (Wildman–Crippen MR) is 70.3 cm³/mol. The van der Waals surface area contributed by atoms with E-state index < -0.39 is 5.97 Å². The highest BCUT2D eigenvalue weighted by atomic mass is 16.5. The summed E-state index contributed by atoms with van der Waals surface area (Å²) in [6.45, 7) is 4.01. The molecule has 0 bridgehead atoms. The third-order valence-corrected chi connectivity index (χ3v) is 3.20. The Bertz CT molecular complexity index is 592. The Labute approximate surface area is 110 Å². The van der Waals surface area contributed by atoms with Crippen molar-refractivity contribution >= 4 is 17.1 Å². The van der Waals surface area contributed by atoms with Crippen LogP contribution in [0.3, 0.4) is 0 Å². The number of hydrogen-bond acceptors (Lipinski definition) is 4. The molecule has 2 N–H and O–H groups in total. The average molecular weight is 263 g/mol. The largest absolute Gasteiger partial charge is 0.481 e. The Kier molecular flexibility index (Phi) is 3.69. The monoisotopic (exact) mass is 263 g/mol. The third kappa shape index (κ3) is 2.67. The third-order valence-electron chi connectivity index (χ3n) is 3.20. The minimum Gasteiger partial charge on any atom is -0.481 e. The highest BCUT2D eigenvalue weighted by molar-refractivity contribution is 5.77. The molecule has 0 fully saturated rings. The Morgan fingerprint density at radius 2 is 2.26 bits per heavy atom. The molecule has 1 unspecified atom stereocenters. The summed E-state index contributed by atoms with van der Waals surface area (Å²) in [6.07, 6.45) is 3.41. The molecule has 6 nitrogen and oxygen atoms in total. The first-order chi connectivity index (χ1) is 9.02. The molecule has 0 aromatic carbocycles. The number of rotatable bonds is 5. The number of aromatic amines is 1. The van der Waals surface area contributed by atoms with Crippen LogP contribution in [0.15, 0.2) is 12.4 Å². The molecule has 0 saturated heterocycles. The maximum Gasteiger partial charge on any atom is 0.303 e. The summed E-state index contributed by atoms with van der Waals surface area (Å²) in [5.74, 6) is -0.261. The number of nitrogens with zero attached hydrogens (tertiary/aromatic N) is 2. The van der Waals surface area contributed by atoms with Gasteiger partial charge in [0.15, 0.2) is 5.65 Å². The molecule has 1 atom stereocenters. The SMILES string of the molecule is COc1cnc2c(C(CC(=O)O)C(C)C)c[nH]c2n1. The van der Waals surface area contributed by atoms with Crippen molar-refractivity contribution < 1.29 is 14.6 Å². The number of carboxylic acid groups (broad SMARTS) is 1. The zero-order valence-electron chi connectivity index (χ0n) is 11.2. The van der Waals surface area contributed by atoms with Crippen LogP contribution in [-0.2, 0) is 4.79 Å². The number of methoxy groups -OCH3 is 1. The summed E-state index contributed by atoms with van der Waals surface area (Å²) >= 11 is 0. The summed E-state index contributed by atoms with van der Waals surface area (Å²) in [7, 11) is 1.53. The second-order valence-corrected chi connectivity index (χ2v) is 4.80. The van der Waals surface area contributed by atoms with Gasteiger partial charge in [-0.3, -0.25) is 4.79 Å². The zero-order valence-corrected chi connectivity index (χ0v) is 11.2. The van der Waals surface area contributed by atoms with E-state index in [4.69, 9.17) is 9.84 Å². The lowest BCUT2D eigenvalue weighted by Crippen LogP contribution is -2.12. The van der Waals surface area contributed by atoms with Gasteiger partial charge in [-0.2, -0.15) is 4.98 Å². The number of aromatic nitrogens is 3. The molecule has 0 aliphatic carbocycles. The second kappa shape index (κ2) is 5.26. The summed E-state index contributed by atoms with van der Waals surface area (Å²) in [4.78, 5) is 22.6. The molecule has 2 aromatic rings.